The lowest BCUT2D eigenvalue weighted by Crippen LogP contribution is -2.21. The number of nitrogens with two attached hydrogens (primary N) is 1. The van der Waals surface area contributed by atoms with E-state index in [1.807, 2.05) is 24.3 Å². The monoisotopic (exact) mass is 518 g/mol. The van der Waals surface area contributed by atoms with E-state index in [0.717, 1.165) is 17.5 Å². The van der Waals surface area contributed by atoms with Gasteiger partial charge < -0.3 is 24.7 Å². The molecule has 0 radical (unpaired) electrons. The number of esters is 1. The van der Waals surface area contributed by atoms with Crippen molar-refractivity contribution >= 4 is 17.6 Å². The molecule has 0 amide bonds. The lowest BCUT2D eigenvalue weighted by atomic mass is 9.83. The molecule has 1 aliphatic rings. The molecule has 3 aromatic rings. The number of carbonyl (C=O) groups excluding carboxylic acids is 1. The maximum Gasteiger partial charge on any atom is 0.349 e. The zero-order chi connectivity index (χ0) is 26.4. The third-order valence-corrected chi connectivity index (χ3v) is 6.07. The van der Waals surface area contributed by atoms with Crippen LogP contribution >= 0.6 is 11.6 Å². The molecule has 4 rings (SSSR count). The number of para-hydroxylation sites is 1. The second-order valence-electron chi connectivity index (χ2n) is 8.92. The van der Waals surface area contributed by atoms with Crippen molar-refractivity contribution in [2.45, 2.75) is 26.2 Å². The SMILES string of the molecule is CC(C)CCOc1cccc(C2C(C#N)=C(N)Oc3cc(OC(=O)COc4ccccc4Cl)ccc32)c1. The summed E-state index contributed by atoms with van der Waals surface area (Å²) >= 11 is 6.06. The van der Waals surface area contributed by atoms with Crippen molar-refractivity contribution in [1.82, 2.24) is 0 Å². The number of nitriles is 1. The van der Waals surface area contributed by atoms with Gasteiger partial charge in [0.25, 0.3) is 0 Å². The molecular weight excluding hydrogens is 492 g/mol. The van der Waals surface area contributed by atoms with E-state index in [-0.39, 0.29) is 18.2 Å². The minimum atomic E-state index is -0.611. The molecule has 1 aliphatic heterocycles. The normalized spacial score (nSPS) is 14.4. The van der Waals surface area contributed by atoms with Gasteiger partial charge in [0.1, 0.15) is 34.6 Å². The van der Waals surface area contributed by atoms with Gasteiger partial charge in [-0.3, -0.25) is 0 Å². The van der Waals surface area contributed by atoms with E-state index in [1.54, 1.807) is 42.5 Å². The number of ether oxygens (including phenoxy) is 4. The maximum atomic E-state index is 12.4. The van der Waals surface area contributed by atoms with Crippen molar-refractivity contribution in [3.63, 3.8) is 0 Å². The van der Waals surface area contributed by atoms with Gasteiger partial charge in [0.2, 0.25) is 5.88 Å². The van der Waals surface area contributed by atoms with Gasteiger partial charge in [0.15, 0.2) is 6.61 Å². The lowest BCUT2D eigenvalue weighted by Gasteiger charge is -2.27. The van der Waals surface area contributed by atoms with Crippen molar-refractivity contribution < 1.29 is 23.7 Å². The van der Waals surface area contributed by atoms with Crippen molar-refractivity contribution in [3.8, 4) is 29.1 Å². The quantitative estimate of drug-likeness (QED) is 0.275. The predicted octanol–water partition coefficient (Wildman–Crippen LogP) is 5.97. The van der Waals surface area contributed by atoms with Crippen LogP contribution in [-0.4, -0.2) is 19.2 Å². The van der Waals surface area contributed by atoms with Crippen molar-refractivity contribution in [1.29, 1.82) is 5.26 Å². The van der Waals surface area contributed by atoms with E-state index in [9.17, 15) is 10.1 Å². The largest absolute Gasteiger partial charge is 0.494 e. The zero-order valence-electron chi connectivity index (χ0n) is 20.6. The molecule has 8 heteroatoms. The van der Waals surface area contributed by atoms with Crippen LogP contribution < -0.4 is 24.7 Å². The first-order chi connectivity index (χ1) is 17.9. The van der Waals surface area contributed by atoms with E-state index >= 15 is 0 Å². The summed E-state index contributed by atoms with van der Waals surface area (Å²) in [6.07, 6.45) is 0.936. The van der Waals surface area contributed by atoms with Gasteiger partial charge in [-0.2, -0.15) is 5.26 Å². The Morgan fingerprint density at radius 2 is 1.89 bits per heavy atom. The highest BCUT2D eigenvalue weighted by molar-refractivity contribution is 6.32. The van der Waals surface area contributed by atoms with Crippen LogP contribution in [0, 0.1) is 17.2 Å². The number of hydrogen-bond donors (Lipinski definition) is 1. The van der Waals surface area contributed by atoms with Gasteiger partial charge in [-0.15, -0.1) is 0 Å². The number of carbonyl (C=O) groups is 1. The van der Waals surface area contributed by atoms with E-state index < -0.39 is 11.9 Å². The summed E-state index contributed by atoms with van der Waals surface area (Å²) in [5.74, 6) is 1.20. The summed E-state index contributed by atoms with van der Waals surface area (Å²) in [6.45, 7) is 4.56. The molecule has 7 nitrogen and oxygen atoms in total. The van der Waals surface area contributed by atoms with E-state index in [0.29, 0.717) is 40.4 Å². The molecule has 0 bridgehead atoms. The smallest absolute Gasteiger partial charge is 0.349 e. The first-order valence-corrected chi connectivity index (χ1v) is 12.3. The Bertz CT molecular complexity index is 1360. The van der Waals surface area contributed by atoms with Crippen LogP contribution in [0.15, 0.2) is 78.2 Å². The molecule has 3 aromatic carbocycles. The van der Waals surface area contributed by atoms with Crippen molar-refractivity contribution in [2.24, 2.45) is 11.7 Å². The highest BCUT2D eigenvalue weighted by Gasteiger charge is 2.31. The van der Waals surface area contributed by atoms with Crippen LogP contribution in [0.3, 0.4) is 0 Å². The number of hydrogen-bond acceptors (Lipinski definition) is 7. The Kier molecular flexibility index (Phi) is 8.22. The molecule has 0 fully saturated rings. The highest BCUT2D eigenvalue weighted by Crippen LogP contribution is 2.44. The van der Waals surface area contributed by atoms with E-state index in [4.69, 9.17) is 36.3 Å². The molecule has 1 heterocycles. The molecule has 37 heavy (non-hydrogen) atoms. The predicted molar refractivity (Wildman–Crippen MR) is 140 cm³/mol. The number of benzene rings is 3. The average molecular weight is 519 g/mol. The van der Waals surface area contributed by atoms with Gasteiger partial charge in [-0.25, -0.2) is 4.79 Å². The van der Waals surface area contributed by atoms with Crippen LogP contribution in [0.4, 0.5) is 0 Å². The van der Waals surface area contributed by atoms with Crippen LogP contribution in [-0.2, 0) is 4.79 Å². The third kappa shape index (κ3) is 6.35. The summed E-state index contributed by atoms with van der Waals surface area (Å²) in [4.78, 5) is 12.4. The molecule has 1 atom stereocenters. The van der Waals surface area contributed by atoms with Crippen molar-refractivity contribution in [2.75, 3.05) is 13.2 Å². The van der Waals surface area contributed by atoms with Gasteiger partial charge in [-0.1, -0.05) is 55.8 Å². The molecule has 2 N–H and O–H groups in total. The summed E-state index contributed by atoms with van der Waals surface area (Å²) < 4.78 is 22.5. The Morgan fingerprint density at radius 3 is 2.65 bits per heavy atom. The van der Waals surface area contributed by atoms with Crippen LogP contribution in [0.1, 0.15) is 37.3 Å². The number of nitrogens with zero attached hydrogens (tertiary/aromatic N) is 1. The zero-order valence-corrected chi connectivity index (χ0v) is 21.3. The maximum absolute atomic E-state index is 12.4. The summed E-state index contributed by atoms with van der Waals surface area (Å²) in [6, 6.07) is 21.6. The van der Waals surface area contributed by atoms with Gasteiger partial charge >= 0.3 is 5.97 Å². The Labute approximate surface area is 221 Å². The van der Waals surface area contributed by atoms with E-state index in [1.165, 1.54) is 0 Å². The fraction of sp³-hybridized carbons (Fsp3) is 0.241. The topological polar surface area (TPSA) is 104 Å². The molecule has 0 aliphatic carbocycles. The third-order valence-electron chi connectivity index (χ3n) is 5.76. The van der Waals surface area contributed by atoms with Crippen LogP contribution in [0.5, 0.6) is 23.0 Å². The van der Waals surface area contributed by atoms with Crippen LogP contribution in [0.25, 0.3) is 0 Å². The second-order valence-corrected chi connectivity index (χ2v) is 9.33. The summed E-state index contributed by atoms with van der Waals surface area (Å²) in [5, 5.41) is 10.2. The van der Waals surface area contributed by atoms with Gasteiger partial charge in [0, 0.05) is 11.6 Å². The average Bonchev–Trinajstić information content (AvgIpc) is 2.87. The molecule has 0 saturated carbocycles. The van der Waals surface area contributed by atoms with E-state index in [2.05, 4.69) is 19.9 Å². The van der Waals surface area contributed by atoms with Crippen LogP contribution in [0.2, 0.25) is 5.02 Å². The summed E-state index contributed by atoms with van der Waals surface area (Å²) in [5.41, 5.74) is 7.98. The standard InChI is InChI=1S/C29H27ClN2O5/c1-18(2)12-13-34-20-7-5-6-19(14-20)28-22-11-10-21(15-26(22)37-29(32)23(28)16-31)36-27(33)17-35-25-9-4-3-8-24(25)30/h3-11,14-15,18,28H,12-13,17,32H2,1-2H3. The number of halogens is 1. The Morgan fingerprint density at radius 1 is 1.08 bits per heavy atom. The summed E-state index contributed by atoms with van der Waals surface area (Å²) in [7, 11) is 0. The highest BCUT2D eigenvalue weighted by atomic mass is 35.5. The Hall–Kier alpha value is -4.15. The molecule has 1 unspecified atom stereocenters. The molecule has 0 saturated heterocycles. The van der Waals surface area contributed by atoms with Gasteiger partial charge in [-0.05, 0) is 48.2 Å². The number of fused-ring (bicyclic) bond motifs is 1. The number of rotatable bonds is 9. The minimum absolute atomic E-state index is 0.00309. The molecule has 0 aromatic heterocycles. The number of allylic oxidation sites excluding steroid dienone is 1. The van der Waals surface area contributed by atoms with Gasteiger partial charge in [0.05, 0.1) is 17.5 Å². The molecule has 190 valence electrons. The Balaban J connectivity index is 1.53. The fourth-order valence-electron chi connectivity index (χ4n) is 3.90. The van der Waals surface area contributed by atoms with Crippen molar-refractivity contribution in [3.05, 3.63) is 94.3 Å². The first-order valence-electron chi connectivity index (χ1n) is 11.9. The minimum Gasteiger partial charge on any atom is -0.494 e. The fourth-order valence-corrected chi connectivity index (χ4v) is 4.09. The molecule has 0 spiro atoms. The lowest BCUT2D eigenvalue weighted by molar-refractivity contribution is -0.136. The molecular formula is C29H27ClN2O5. The second kappa shape index (κ2) is 11.7. The first kappa shape index (κ1) is 25.9.